The van der Waals surface area contributed by atoms with Gasteiger partial charge in [0.15, 0.2) is 0 Å². The number of nitrogens with zero attached hydrogens (tertiary/aromatic N) is 4. The summed E-state index contributed by atoms with van der Waals surface area (Å²) in [6, 6.07) is 17.9. The lowest BCUT2D eigenvalue weighted by Gasteiger charge is -2.26. The van der Waals surface area contributed by atoms with Gasteiger partial charge in [0, 0.05) is 40.0 Å². The molecular formula is C42H54N4O2. The molecule has 0 amide bonds. The van der Waals surface area contributed by atoms with Crippen molar-refractivity contribution in [2.24, 2.45) is 0 Å². The van der Waals surface area contributed by atoms with E-state index in [1.807, 2.05) is 12.4 Å². The molecule has 0 saturated carbocycles. The summed E-state index contributed by atoms with van der Waals surface area (Å²) in [4.78, 5) is 18.5. The molecule has 6 rings (SSSR count). The number of carbonyl (C=O) groups is 1. The molecule has 6 nitrogen and oxygen atoms in total. The van der Waals surface area contributed by atoms with E-state index in [9.17, 15) is 0 Å². The van der Waals surface area contributed by atoms with Gasteiger partial charge in [-0.2, -0.15) is 0 Å². The number of hydrogen-bond acceptors (Lipinski definition) is 4. The first kappa shape index (κ1) is 35.1. The molecule has 254 valence electrons. The van der Waals surface area contributed by atoms with Crippen molar-refractivity contribution in [2.45, 2.75) is 125 Å². The number of rotatable bonds is 14. The number of carbonyl (C=O) groups excluding carboxylic acids is 1. The van der Waals surface area contributed by atoms with Crippen LogP contribution >= 0.6 is 0 Å². The van der Waals surface area contributed by atoms with Crippen LogP contribution in [0.3, 0.4) is 0 Å². The highest BCUT2D eigenvalue weighted by Gasteiger charge is 2.26. The van der Waals surface area contributed by atoms with Gasteiger partial charge >= 0.3 is 0 Å². The van der Waals surface area contributed by atoms with Crippen LogP contribution in [0, 0.1) is 20.8 Å². The summed E-state index contributed by atoms with van der Waals surface area (Å²) < 4.78 is 11.4. The Kier molecular flexibility index (Phi) is 11.9. The Morgan fingerprint density at radius 3 is 1.73 bits per heavy atom. The van der Waals surface area contributed by atoms with Crippen molar-refractivity contribution in [3.8, 4) is 5.75 Å². The number of unbranched alkanes of at least 4 members (excludes halogenated alkanes) is 8. The first-order valence-electron chi connectivity index (χ1n) is 18.1. The highest BCUT2D eigenvalue weighted by atomic mass is 16.5. The van der Waals surface area contributed by atoms with Gasteiger partial charge in [0.1, 0.15) is 18.2 Å². The van der Waals surface area contributed by atoms with Gasteiger partial charge in [0.2, 0.25) is 0 Å². The molecule has 0 spiro atoms. The molecule has 0 fully saturated rings. The van der Waals surface area contributed by atoms with Crippen molar-refractivity contribution < 1.29 is 9.53 Å². The summed E-state index contributed by atoms with van der Waals surface area (Å²) in [5.41, 5.74) is 8.30. The molecule has 0 aliphatic carbocycles. The summed E-state index contributed by atoms with van der Waals surface area (Å²) in [6.45, 7) is 14.4. The third-order valence-electron chi connectivity index (χ3n) is 9.45. The van der Waals surface area contributed by atoms with E-state index in [2.05, 4.69) is 99.2 Å². The predicted molar refractivity (Wildman–Crippen MR) is 202 cm³/mol. The molecule has 0 bridgehead atoms. The smallest absolute Gasteiger partial charge is 0.121 e. The average molecular weight is 647 g/mol. The maximum atomic E-state index is 8.81. The van der Waals surface area contributed by atoms with Crippen LogP contribution in [-0.4, -0.2) is 31.5 Å². The monoisotopic (exact) mass is 646 g/mol. The van der Waals surface area contributed by atoms with E-state index in [0.717, 1.165) is 36.3 Å². The van der Waals surface area contributed by atoms with Crippen molar-refractivity contribution in [2.75, 3.05) is 0 Å². The lowest BCUT2D eigenvalue weighted by Crippen LogP contribution is -2.19. The Balaban J connectivity index is 0.00000145. The van der Waals surface area contributed by atoms with Crippen LogP contribution in [0.4, 0.5) is 0 Å². The lowest BCUT2D eigenvalue weighted by molar-refractivity contribution is -0.106. The lowest BCUT2D eigenvalue weighted by atomic mass is 10.1. The Labute approximate surface area is 286 Å². The molecule has 6 aromatic rings. The molecule has 0 N–H and O–H groups in total. The van der Waals surface area contributed by atoms with Crippen molar-refractivity contribution in [3.05, 3.63) is 77.9 Å². The summed E-state index contributed by atoms with van der Waals surface area (Å²) in [7, 11) is 0. The van der Waals surface area contributed by atoms with E-state index in [1.165, 1.54) is 107 Å². The van der Waals surface area contributed by atoms with Gasteiger partial charge in [-0.25, -0.2) is 0 Å². The van der Waals surface area contributed by atoms with E-state index < -0.39 is 0 Å². The number of aldehydes is 1. The first-order chi connectivity index (χ1) is 23.3. The number of benzene rings is 2. The highest BCUT2D eigenvalue weighted by molar-refractivity contribution is 6.11. The second kappa shape index (κ2) is 16.3. The summed E-state index contributed by atoms with van der Waals surface area (Å²) in [6.07, 6.45) is 17.7. The Bertz CT molecular complexity index is 1980. The van der Waals surface area contributed by atoms with Crippen molar-refractivity contribution >= 4 is 49.9 Å². The number of aryl methyl sites for hydroxylation is 3. The number of pyridine rings is 2. The van der Waals surface area contributed by atoms with E-state index in [0.29, 0.717) is 0 Å². The van der Waals surface area contributed by atoms with Crippen LogP contribution in [0.2, 0.25) is 0 Å². The second-order valence-electron chi connectivity index (χ2n) is 13.5. The largest absolute Gasteiger partial charge is 0.491 e. The molecule has 0 aliphatic heterocycles. The van der Waals surface area contributed by atoms with Crippen LogP contribution < -0.4 is 4.74 Å². The summed E-state index contributed by atoms with van der Waals surface area (Å²) in [5.74, 6) is 0.907. The van der Waals surface area contributed by atoms with Crippen molar-refractivity contribution in [1.82, 2.24) is 19.1 Å². The SMILES string of the molecule is CC=O.CCCCCCCCCCCC(n1c2cc(C)ccc2c2ccnc(C)c21)n1c2cc(OC(C)C)ccc2c2ccnc(C)c21. The highest BCUT2D eigenvalue weighted by Crippen LogP contribution is 2.41. The molecule has 48 heavy (non-hydrogen) atoms. The minimum Gasteiger partial charge on any atom is -0.491 e. The van der Waals surface area contributed by atoms with Crippen LogP contribution in [0.25, 0.3) is 43.6 Å². The van der Waals surface area contributed by atoms with E-state index in [-0.39, 0.29) is 12.3 Å². The Hall–Kier alpha value is -4.19. The molecule has 0 aliphatic rings. The fourth-order valence-corrected chi connectivity index (χ4v) is 7.38. The maximum Gasteiger partial charge on any atom is 0.121 e. The van der Waals surface area contributed by atoms with Gasteiger partial charge in [0.25, 0.3) is 0 Å². The number of ether oxygens (including phenoxy) is 1. The van der Waals surface area contributed by atoms with E-state index >= 15 is 0 Å². The van der Waals surface area contributed by atoms with Gasteiger partial charge in [-0.15, -0.1) is 0 Å². The van der Waals surface area contributed by atoms with Crippen LogP contribution in [0.15, 0.2) is 60.9 Å². The standard InChI is InChI=1S/C40H50N4O.C2H4O/c1-7-8-9-10-11-12-13-14-15-16-38(43-36-25-28(4)17-19-32(36)34-21-23-41-29(5)39(34)43)44-37-26-31(45-27(2)3)18-20-33(37)35-22-24-42-30(6)40(35)44;1-2-3/h17-27,38H,7-16H2,1-6H3;2H,1H3. The van der Waals surface area contributed by atoms with Crippen LogP contribution in [-0.2, 0) is 4.79 Å². The molecule has 0 radical (unpaired) electrons. The fourth-order valence-electron chi connectivity index (χ4n) is 7.38. The third kappa shape index (κ3) is 7.43. The molecule has 6 heteroatoms. The topological polar surface area (TPSA) is 61.9 Å². The summed E-state index contributed by atoms with van der Waals surface area (Å²) >= 11 is 0. The molecular weight excluding hydrogens is 592 g/mol. The van der Waals surface area contributed by atoms with Gasteiger partial charge in [-0.3, -0.25) is 9.97 Å². The van der Waals surface area contributed by atoms with Gasteiger partial charge < -0.3 is 18.7 Å². The zero-order valence-electron chi connectivity index (χ0n) is 30.2. The quantitative estimate of drug-likeness (QED) is 0.0872. The number of fused-ring (bicyclic) bond motifs is 6. The van der Waals surface area contributed by atoms with Gasteiger partial charge in [-0.1, -0.05) is 70.4 Å². The number of aromatic nitrogens is 4. The zero-order valence-corrected chi connectivity index (χ0v) is 30.2. The normalized spacial score (nSPS) is 12.2. The van der Waals surface area contributed by atoms with Crippen LogP contribution in [0.5, 0.6) is 5.75 Å². The predicted octanol–water partition coefficient (Wildman–Crippen LogP) is 11.6. The van der Waals surface area contributed by atoms with Gasteiger partial charge in [0.05, 0.1) is 39.6 Å². The molecule has 0 saturated heterocycles. The van der Waals surface area contributed by atoms with E-state index in [1.54, 1.807) is 0 Å². The minimum atomic E-state index is 0.0523. The first-order valence-corrected chi connectivity index (χ1v) is 18.1. The number of hydrogen-bond donors (Lipinski definition) is 0. The fraction of sp³-hybridized carbons (Fsp3) is 0.452. The Morgan fingerprint density at radius 2 is 1.19 bits per heavy atom. The van der Waals surface area contributed by atoms with Crippen LogP contribution in [0.1, 0.15) is 115 Å². The van der Waals surface area contributed by atoms with Crippen molar-refractivity contribution in [1.29, 1.82) is 0 Å². The zero-order chi connectivity index (χ0) is 34.2. The Morgan fingerprint density at radius 1 is 0.688 bits per heavy atom. The molecule has 4 aromatic heterocycles. The van der Waals surface area contributed by atoms with E-state index in [4.69, 9.17) is 19.5 Å². The third-order valence-corrected chi connectivity index (χ3v) is 9.45. The van der Waals surface area contributed by atoms with Gasteiger partial charge in [-0.05, 0) is 90.3 Å². The molecule has 2 aromatic carbocycles. The molecule has 4 heterocycles. The average Bonchev–Trinajstić information content (AvgIpc) is 3.56. The molecule has 1 atom stereocenters. The van der Waals surface area contributed by atoms with Crippen molar-refractivity contribution in [3.63, 3.8) is 0 Å². The minimum absolute atomic E-state index is 0.0523. The summed E-state index contributed by atoms with van der Waals surface area (Å²) in [5, 5.41) is 5.06. The second-order valence-corrected chi connectivity index (χ2v) is 13.5. The molecule has 1 unspecified atom stereocenters. The maximum absolute atomic E-state index is 8.81.